The van der Waals surface area contributed by atoms with Gasteiger partial charge in [0.15, 0.2) is 154 Å². The number of Topliss-reactive ketones (excluding diaryl/α,β-unsaturated/α-hetero) is 2. The van der Waals surface area contributed by atoms with E-state index in [2.05, 4.69) is 21.3 Å². The van der Waals surface area contributed by atoms with Gasteiger partial charge in [-0.05, 0) is 59.4 Å². The molecule has 0 saturated carbocycles. The minimum Gasteiger partial charge on any atom is -0.444 e. The number of halogens is 1. The summed E-state index contributed by atoms with van der Waals surface area (Å²) in [5, 5.41) is 11.5. The van der Waals surface area contributed by atoms with E-state index in [9.17, 15) is 43.2 Å². The maximum absolute atomic E-state index is 15.0. The number of carbonyl (C=O) groups is 9. The van der Waals surface area contributed by atoms with Gasteiger partial charge in [-0.1, -0.05) is 175 Å². The Morgan fingerprint density at radius 1 is 0.414 bits per heavy atom. The first-order chi connectivity index (χ1) is 64.0. The van der Waals surface area contributed by atoms with Gasteiger partial charge in [0.1, 0.15) is 31.0 Å². The highest BCUT2D eigenvalue weighted by molar-refractivity contribution is 8.77. The van der Waals surface area contributed by atoms with E-state index >= 15 is 0 Å². The molecular weight excluding hydrogens is 1850 g/mol. The van der Waals surface area contributed by atoms with Crippen LogP contribution in [0.4, 0.5) is 4.79 Å². The van der Waals surface area contributed by atoms with Crippen LogP contribution in [0.2, 0.25) is 5.02 Å². The number of aryl methyl sites for hydroxylation is 1. The molecule has 0 spiro atoms. The standard InChI is InChI=1S/C87H134ClN5O36S4/c1-66-26-28-70(29-27-66)87(69-20-13-12-14-21-69,72-23-15-16-24-73(72)88)128-79(98)32-36-104-37-34-90-80(99)68(42-131-133-86(8,9)10)39-76(95)74(25-17-18-33-89-82(101)75(93-77(96)30-31-78(93)97)40-91-83(102)129-84(2,3)4)92-81(100)67(41-130-132-85(5,6)7)38-71(94)22-19-35-105-44-107-46-109-48-111-50-113-52-115-54-117-56-119-58-121-60-123-62-125-64-127-65-126-63-124-61-122-59-120-57-118-55-116-53-114-51-112-49-110-47-108-45-106-43-103-11/h12-16,20-21,23-24,26-31,67-68,74-75H,17-19,22,25,32-65H2,1-11H3,(H,89,101)(H,90,99)(H,91,102)(H,92,100)/t67-,68-,74-,75-,87?/m0/s1. The molecule has 1 unspecified atom stereocenters. The molecule has 1 heterocycles. The summed E-state index contributed by atoms with van der Waals surface area (Å²) in [6.45, 7) is 16.3. The summed E-state index contributed by atoms with van der Waals surface area (Å²) < 4.78 is 141. The molecule has 0 saturated heterocycles. The first-order valence-corrected chi connectivity index (χ1v) is 47.5. The number of hydrogen-bond donors (Lipinski definition) is 4. The lowest BCUT2D eigenvalue weighted by atomic mass is 9.79. The van der Waals surface area contributed by atoms with Crippen LogP contribution in [0.25, 0.3) is 0 Å². The molecule has 5 atom stereocenters. The van der Waals surface area contributed by atoms with Crippen LogP contribution < -0.4 is 21.3 Å². The molecule has 0 aromatic heterocycles. The number of rotatable bonds is 83. The fourth-order valence-corrected chi connectivity index (χ4v) is 16.5. The largest absolute Gasteiger partial charge is 0.444 e. The normalized spacial score (nSPS) is 13.8. The first kappa shape index (κ1) is 119. The van der Waals surface area contributed by atoms with E-state index in [1.54, 1.807) is 32.9 Å². The fourth-order valence-electron chi connectivity index (χ4n) is 11.0. The lowest BCUT2D eigenvalue weighted by Crippen LogP contribution is -2.55. The third-order valence-electron chi connectivity index (χ3n) is 16.8. The van der Waals surface area contributed by atoms with Gasteiger partial charge >= 0.3 is 12.1 Å². The van der Waals surface area contributed by atoms with Crippen LogP contribution in [0.5, 0.6) is 0 Å². The van der Waals surface area contributed by atoms with Gasteiger partial charge in [-0.3, -0.25) is 43.3 Å². The zero-order chi connectivity index (χ0) is 96.9. The Morgan fingerprint density at radius 3 is 1.26 bits per heavy atom. The molecule has 1 aliphatic heterocycles. The lowest BCUT2D eigenvalue weighted by molar-refractivity contribution is -0.242. The Kier molecular flexibility index (Phi) is 65.3. The molecule has 754 valence electrons. The van der Waals surface area contributed by atoms with E-state index in [1.165, 1.54) is 50.3 Å². The van der Waals surface area contributed by atoms with Crippen LogP contribution in [0, 0.1) is 18.8 Å². The maximum Gasteiger partial charge on any atom is 0.407 e. The molecule has 4 rings (SSSR count). The van der Waals surface area contributed by atoms with Crippen molar-refractivity contribution in [3.8, 4) is 0 Å². The van der Waals surface area contributed by atoms with Gasteiger partial charge in [-0.25, -0.2) is 4.79 Å². The monoisotopic (exact) mass is 1990 g/mol. The Bertz CT molecular complexity index is 3700. The average Bonchev–Trinajstić information content (AvgIpc) is 1.02. The molecule has 0 radical (unpaired) electrons. The zero-order valence-electron chi connectivity index (χ0n) is 77.7. The number of unbranched alkanes of at least 4 members (excludes halogenated alkanes) is 1. The molecule has 1 aliphatic rings. The van der Waals surface area contributed by atoms with Gasteiger partial charge < -0.3 is 149 Å². The minimum atomic E-state index is -1.45. The first-order valence-electron chi connectivity index (χ1n) is 42.5. The number of amides is 6. The second-order valence-electron chi connectivity index (χ2n) is 31.4. The van der Waals surface area contributed by atoms with Crippen molar-refractivity contribution in [2.24, 2.45) is 11.8 Å². The van der Waals surface area contributed by atoms with Crippen molar-refractivity contribution < 1.29 is 171 Å². The summed E-state index contributed by atoms with van der Waals surface area (Å²) in [6, 6.07) is 21.6. The molecule has 4 N–H and O–H groups in total. The van der Waals surface area contributed by atoms with E-state index in [0.29, 0.717) is 28.1 Å². The Hall–Kier alpha value is -6.28. The van der Waals surface area contributed by atoms with Crippen LogP contribution in [0.15, 0.2) is 91.0 Å². The highest BCUT2D eigenvalue weighted by Crippen LogP contribution is 2.44. The van der Waals surface area contributed by atoms with Gasteiger partial charge in [0.25, 0.3) is 11.8 Å². The number of hydrogen-bond acceptors (Lipinski definition) is 40. The topological polar surface area (TPSA) is 454 Å². The van der Waals surface area contributed by atoms with Gasteiger partial charge in [0.05, 0.1) is 44.1 Å². The van der Waals surface area contributed by atoms with Gasteiger partial charge in [0.2, 0.25) is 17.7 Å². The second-order valence-corrected chi connectivity index (χ2v) is 38.2. The predicted octanol–water partition coefficient (Wildman–Crippen LogP) is 9.94. The summed E-state index contributed by atoms with van der Waals surface area (Å²) in [6.07, 6.45) is 1.36. The smallest absolute Gasteiger partial charge is 0.407 e. The minimum absolute atomic E-state index is 0.00599. The molecule has 6 amide bonds. The molecule has 0 fully saturated rings. The SMILES string of the molecule is COCOCOCOCOCOCOCOCOCOCOCOCOCOCOCOCOCOCOCOCOCOCOCOCCCC(=O)C[C@@H](CSSC(C)(C)C)C(=O)N[C@@H](CCCCNC(=O)[C@H](CNC(=O)OC(C)(C)C)N1C(=O)C=CC1=O)C(=O)C[C@@H](CSSC(C)(C)C)C(=O)NCCOCCC(=O)OC(c1ccccc1)(c1ccc(C)cc1)c1ccccc1Cl. The molecule has 133 heavy (non-hydrogen) atoms. The van der Waals surface area contributed by atoms with Gasteiger partial charge in [0, 0.05) is 101 Å². The summed E-state index contributed by atoms with van der Waals surface area (Å²) >= 11 is 6.90. The number of alkyl carbamates (subject to hydrolysis) is 1. The van der Waals surface area contributed by atoms with Crippen LogP contribution in [-0.4, -0.2) is 300 Å². The van der Waals surface area contributed by atoms with Crippen molar-refractivity contribution in [3.05, 3.63) is 118 Å². The third-order valence-corrected chi connectivity index (χ3v) is 24.0. The van der Waals surface area contributed by atoms with E-state index in [4.69, 9.17) is 139 Å². The molecule has 46 heteroatoms. The van der Waals surface area contributed by atoms with Crippen molar-refractivity contribution in [1.29, 1.82) is 0 Å². The van der Waals surface area contributed by atoms with E-state index in [1.807, 2.05) is 115 Å². The Balaban J connectivity index is 1.16. The van der Waals surface area contributed by atoms with Crippen molar-refractivity contribution >= 4 is 108 Å². The zero-order valence-corrected chi connectivity index (χ0v) is 81.7. The molecule has 3 aromatic carbocycles. The lowest BCUT2D eigenvalue weighted by Gasteiger charge is -2.36. The Morgan fingerprint density at radius 2 is 0.827 bits per heavy atom. The average molecular weight is 1990 g/mol. The Labute approximate surface area is 798 Å². The van der Waals surface area contributed by atoms with Crippen molar-refractivity contribution in [2.75, 3.05) is 214 Å². The maximum atomic E-state index is 15.0. The predicted molar refractivity (Wildman–Crippen MR) is 485 cm³/mol. The quantitative estimate of drug-likeness (QED) is 0.0102. The molecule has 3 aromatic rings. The molecule has 41 nitrogen and oxygen atoms in total. The summed E-state index contributed by atoms with van der Waals surface area (Å²) in [5.41, 5.74) is 0.615. The number of benzene rings is 3. The summed E-state index contributed by atoms with van der Waals surface area (Å²) in [5.74, 6) is -5.95. The number of nitrogens with one attached hydrogen (secondary N) is 4. The molecule has 0 bridgehead atoms. The number of methoxy groups -OCH3 is 1. The number of esters is 1. The van der Waals surface area contributed by atoms with Gasteiger partial charge in [-0.15, -0.1) is 0 Å². The van der Waals surface area contributed by atoms with Crippen LogP contribution in [-0.2, 0) is 172 Å². The number of ketones is 2. The van der Waals surface area contributed by atoms with Crippen LogP contribution in [0.3, 0.4) is 0 Å². The van der Waals surface area contributed by atoms with Crippen LogP contribution in [0.1, 0.15) is 136 Å². The van der Waals surface area contributed by atoms with Crippen molar-refractivity contribution in [3.63, 3.8) is 0 Å². The number of nitrogens with zero attached hydrogens (tertiary/aromatic N) is 1. The third kappa shape index (κ3) is 57.6. The fraction of sp³-hybridized carbons (Fsp3) is 0.667. The highest BCUT2D eigenvalue weighted by atomic mass is 35.5. The highest BCUT2D eigenvalue weighted by Gasteiger charge is 2.43. The van der Waals surface area contributed by atoms with E-state index in [-0.39, 0.29) is 261 Å². The second kappa shape index (κ2) is 73.0. The van der Waals surface area contributed by atoms with E-state index in [0.717, 1.165) is 22.6 Å². The summed E-state index contributed by atoms with van der Waals surface area (Å²) in [4.78, 5) is 125. The van der Waals surface area contributed by atoms with Crippen molar-refractivity contribution in [2.45, 2.75) is 153 Å². The van der Waals surface area contributed by atoms with Crippen LogP contribution >= 0.6 is 54.8 Å². The summed E-state index contributed by atoms with van der Waals surface area (Å²) in [7, 11) is 7.39. The molecular formula is C87H134ClN5O36S4. The number of carbonyl (C=O) groups excluding carboxylic acids is 9. The van der Waals surface area contributed by atoms with Gasteiger partial charge in [-0.2, -0.15) is 0 Å². The number of ether oxygens (including phenoxy) is 27. The molecule has 0 aliphatic carbocycles. The van der Waals surface area contributed by atoms with Crippen molar-refractivity contribution in [1.82, 2.24) is 26.2 Å². The number of imide groups is 1. The van der Waals surface area contributed by atoms with E-state index < -0.39 is 89.0 Å².